The van der Waals surface area contributed by atoms with Gasteiger partial charge in [-0.1, -0.05) is 0 Å². The van der Waals surface area contributed by atoms with Gasteiger partial charge in [0.15, 0.2) is 0 Å². The van der Waals surface area contributed by atoms with Crippen molar-refractivity contribution in [2.24, 2.45) is 5.84 Å². The van der Waals surface area contributed by atoms with E-state index < -0.39 is 0 Å². The van der Waals surface area contributed by atoms with Crippen LogP contribution in [0.5, 0.6) is 0 Å². The lowest BCUT2D eigenvalue weighted by molar-refractivity contribution is 0.0939. The van der Waals surface area contributed by atoms with Gasteiger partial charge >= 0.3 is 0 Å². The summed E-state index contributed by atoms with van der Waals surface area (Å²) in [6, 6.07) is 1.30. The van der Waals surface area contributed by atoms with Crippen molar-refractivity contribution in [1.82, 2.24) is 25.5 Å². The lowest BCUT2D eigenvalue weighted by atomic mass is 10.2. The zero-order valence-corrected chi connectivity index (χ0v) is 9.71. The molecule has 94 valence electrons. The largest absolute Gasteiger partial charge is 0.342 e. The van der Waals surface area contributed by atoms with Gasteiger partial charge in [0.1, 0.15) is 12.2 Å². The third-order valence-corrected chi connectivity index (χ3v) is 2.41. The molecule has 5 N–H and O–H groups in total. The Balaban J connectivity index is 2.12. The van der Waals surface area contributed by atoms with Gasteiger partial charge in [-0.25, -0.2) is 4.98 Å². The van der Waals surface area contributed by atoms with Crippen molar-refractivity contribution in [3.63, 3.8) is 0 Å². The fourth-order valence-corrected chi connectivity index (χ4v) is 1.47. The number of pyridine rings is 1. The fourth-order valence-electron chi connectivity index (χ4n) is 1.47. The number of nitrogens with one attached hydrogen (secondary N) is 3. The van der Waals surface area contributed by atoms with Crippen molar-refractivity contribution in [2.45, 2.75) is 13.0 Å². The Morgan fingerprint density at radius 1 is 1.56 bits per heavy atom. The first-order valence-electron chi connectivity index (χ1n) is 5.29. The van der Waals surface area contributed by atoms with Crippen molar-refractivity contribution in [2.75, 3.05) is 5.43 Å². The lowest BCUT2D eigenvalue weighted by Gasteiger charge is -2.12. The summed E-state index contributed by atoms with van der Waals surface area (Å²) in [6.45, 7) is 1.80. The van der Waals surface area contributed by atoms with Crippen LogP contribution in [0.3, 0.4) is 0 Å². The van der Waals surface area contributed by atoms with Gasteiger partial charge in [-0.3, -0.25) is 20.7 Å². The molecule has 0 bridgehead atoms. The number of hydrogen-bond donors (Lipinski definition) is 4. The first-order chi connectivity index (χ1) is 8.72. The average molecular weight is 247 g/mol. The Hall–Kier alpha value is -2.48. The number of aromatic nitrogens is 4. The van der Waals surface area contributed by atoms with Crippen LogP contribution in [0.15, 0.2) is 24.8 Å². The summed E-state index contributed by atoms with van der Waals surface area (Å²) in [5.41, 5.74) is 3.30. The number of hydrazine groups is 1. The molecule has 0 saturated carbocycles. The van der Waals surface area contributed by atoms with Crippen LogP contribution in [0.4, 0.5) is 5.69 Å². The topological polar surface area (TPSA) is 122 Å². The second-order valence-electron chi connectivity index (χ2n) is 3.63. The molecule has 0 spiro atoms. The molecule has 1 amide bonds. The Morgan fingerprint density at radius 2 is 2.39 bits per heavy atom. The summed E-state index contributed by atoms with van der Waals surface area (Å²) < 4.78 is 0. The minimum atomic E-state index is -0.279. The lowest BCUT2D eigenvalue weighted by Crippen LogP contribution is -2.28. The van der Waals surface area contributed by atoms with Crippen LogP contribution in [-0.2, 0) is 0 Å². The summed E-state index contributed by atoms with van der Waals surface area (Å²) in [4.78, 5) is 19.9. The Labute approximate surface area is 103 Å². The quantitative estimate of drug-likeness (QED) is 0.445. The second kappa shape index (κ2) is 5.23. The van der Waals surface area contributed by atoms with Crippen molar-refractivity contribution >= 4 is 11.6 Å². The van der Waals surface area contributed by atoms with Crippen LogP contribution in [0.1, 0.15) is 29.1 Å². The van der Waals surface area contributed by atoms with Crippen molar-refractivity contribution in [3.8, 4) is 0 Å². The molecule has 1 atom stereocenters. The molecule has 0 aliphatic rings. The molecule has 0 fully saturated rings. The van der Waals surface area contributed by atoms with Gasteiger partial charge in [0.2, 0.25) is 0 Å². The molecule has 0 aliphatic carbocycles. The fraction of sp³-hybridized carbons (Fsp3) is 0.200. The van der Waals surface area contributed by atoms with E-state index in [9.17, 15) is 4.79 Å². The van der Waals surface area contributed by atoms with Crippen molar-refractivity contribution in [1.29, 1.82) is 0 Å². The molecule has 1 unspecified atom stereocenters. The van der Waals surface area contributed by atoms with Gasteiger partial charge in [-0.05, 0) is 13.0 Å². The predicted molar refractivity (Wildman–Crippen MR) is 64.3 cm³/mol. The van der Waals surface area contributed by atoms with E-state index >= 15 is 0 Å². The Morgan fingerprint density at radius 3 is 3.06 bits per heavy atom. The second-order valence-corrected chi connectivity index (χ2v) is 3.63. The summed E-state index contributed by atoms with van der Waals surface area (Å²) in [5, 5.41) is 9.20. The SMILES string of the molecule is CC(NC(=O)c1ccncc1NN)c1ncn[nH]1. The van der Waals surface area contributed by atoms with Gasteiger partial charge < -0.3 is 10.7 Å². The molecule has 2 aromatic rings. The molecule has 2 aromatic heterocycles. The number of anilines is 1. The molecule has 18 heavy (non-hydrogen) atoms. The average Bonchev–Trinajstić information content (AvgIpc) is 2.92. The monoisotopic (exact) mass is 247 g/mol. The van der Waals surface area contributed by atoms with Crippen molar-refractivity contribution < 1.29 is 4.79 Å². The number of nitrogens with two attached hydrogens (primary N) is 1. The molecule has 8 nitrogen and oxygen atoms in total. The molecule has 0 aliphatic heterocycles. The van der Waals surface area contributed by atoms with Crippen LogP contribution in [0, 0.1) is 0 Å². The van der Waals surface area contributed by atoms with E-state index in [4.69, 9.17) is 5.84 Å². The predicted octanol–water partition coefficient (Wildman–Crippen LogP) is -0.0237. The summed E-state index contributed by atoms with van der Waals surface area (Å²) in [6.07, 6.45) is 4.39. The van der Waals surface area contributed by atoms with Gasteiger partial charge in [-0.15, -0.1) is 0 Å². The number of rotatable bonds is 4. The maximum Gasteiger partial charge on any atom is 0.254 e. The normalized spacial score (nSPS) is 11.9. The highest BCUT2D eigenvalue weighted by molar-refractivity contribution is 5.99. The van der Waals surface area contributed by atoms with E-state index in [0.29, 0.717) is 17.1 Å². The van der Waals surface area contributed by atoms with E-state index in [0.717, 1.165) is 0 Å². The minimum Gasteiger partial charge on any atom is -0.342 e. The van der Waals surface area contributed by atoms with Gasteiger partial charge in [0.05, 0.1) is 23.5 Å². The molecule has 2 rings (SSSR count). The number of carbonyl (C=O) groups is 1. The number of nitrogen functional groups attached to an aromatic ring is 1. The number of carbonyl (C=O) groups excluding carboxylic acids is 1. The van der Waals surface area contributed by atoms with E-state index in [1.165, 1.54) is 18.7 Å². The van der Waals surface area contributed by atoms with E-state index in [-0.39, 0.29) is 11.9 Å². The Bertz CT molecular complexity index is 525. The molecule has 0 aromatic carbocycles. The van der Waals surface area contributed by atoms with E-state index in [1.807, 2.05) is 0 Å². The zero-order valence-electron chi connectivity index (χ0n) is 9.71. The highest BCUT2D eigenvalue weighted by Crippen LogP contribution is 2.13. The minimum absolute atomic E-state index is 0.269. The third-order valence-electron chi connectivity index (χ3n) is 2.41. The zero-order chi connectivity index (χ0) is 13.0. The molecule has 0 saturated heterocycles. The van der Waals surface area contributed by atoms with E-state index in [1.54, 1.807) is 13.0 Å². The summed E-state index contributed by atoms with van der Waals surface area (Å²) >= 11 is 0. The molecule has 2 heterocycles. The third kappa shape index (κ3) is 2.43. The standard InChI is InChI=1S/C10H13N7O/c1-6(9-13-5-14-17-9)15-10(18)7-2-3-12-4-8(7)16-11/h2-6,16H,11H2,1H3,(H,15,18)(H,13,14,17). The van der Waals surface area contributed by atoms with Crippen LogP contribution in [-0.4, -0.2) is 26.1 Å². The van der Waals surface area contributed by atoms with Gasteiger partial charge in [-0.2, -0.15) is 5.10 Å². The number of nitrogens with zero attached hydrogens (tertiary/aromatic N) is 3. The number of H-pyrrole nitrogens is 1. The molecular weight excluding hydrogens is 234 g/mol. The molecular formula is C10H13N7O. The summed E-state index contributed by atoms with van der Waals surface area (Å²) in [5.74, 6) is 5.63. The van der Waals surface area contributed by atoms with Gasteiger partial charge in [0, 0.05) is 6.20 Å². The van der Waals surface area contributed by atoms with E-state index in [2.05, 4.69) is 30.9 Å². The first kappa shape index (κ1) is 12.0. The van der Waals surface area contributed by atoms with Gasteiger partial charge in [0.25, 0.3) is 5.91 Å². The number of aromatic amines is 1. The first-order valence-corrected chi connectivity index (χ1v) is 5.29. The maximum absolute atomic E-state index is 12.0. The molecule has 0 radical (unpaired) electrons. The van der Waals surface area contributed by atoms with Crippen LogP contribution >= 0.6 is 0 Å². The Kier molecular flexibility index (Phi) is 3.49. The summed E-state index contributed by atoms with van der Waals surface area (Å²) in [7, 11) is 0. The number of hydrogen-bond acceptors (Lipinski definition) is 6. The highest BCUT2D eigenvalue weighted by atomic mass is 16.1. The van der Waals surface area contributed by atoms with Crippen LogP contribution in [0.2, 0.25) is 0 Å². The smallest absolute Gasteiger partial charge is 0.254 e. The van der Waals surface area contributed by atoms with Crippen LogP contribution < -0.4 is 16.6 Å². The number of amides is 1. The molecule has 8 heteroatoms. The highest BCUT2D eigenvalue weighted by Gasteiger charge is 2.15. The van der Waals surface area contributed by atoms with Crippen LogP contribution in [0.25, 0.3) is 0 Å². The van der Waals surface area contributed by atoms with Crippen molar-refractivity contribution in [3.05, 3.63) is 36.2 Å². The maximum atomic E-state index is 12.0.